The molecule has 0 bridgehead atoms. The number of aromatic nitrogens is 2. The Bertz CT molecular complexity index is 332. The molecule has 0 saturated heterocycles. The van der Waals surface area contributed by atoms with Crippen LogP contribution in [0.25, 0.3) is 0 Å². The van der Waals surface area contributed by atoms with Gasteiger partial charge in [0, 0.05) is 17.8 Å². The quantitative estimate of drug-likeness (QED) is 0.665. The summed E-state index contributed by atoms with van der Waals surface area (Å²) < 4.78 is 0. The Labute approximate surface area is 89.6 Å². The van der Waals surface area contributed by atoms with E-state index in [9.17, 15) is 4.79 Å². The molecule has 0 atom stereocenters. The van der Waals surface area contributed by atoms with E-state index >= 15 is 0 Å². The monoisotopic (exact) mass is 210 g/mol. The number of urea groups is 1. The summed E-state index contributed by atoms with van der Waals surface area (Å²) >= 11 is 0. The Hall–Kier alpha value is -1.52. The number of amides is 2. The number of hydrogen-bond acceptors (Lipinski definition) is 2. The Morgan fingerprint density at radius 1 is 1.47 bits per heavy atom. The van der Waals surface area contributed by atoms with Crippen molar-refractivity contribution < 1.29 is 4.79 Å². The van der Waals surface area contributed by atoms with Gasteiger partial charge in [-0.05, 0) is 20.3 Å². The zero-order valence-electron chi connectivity index (χ0n) is 9.48. The average Bonchev–Trinajstić information content (AvgIpc) is 2.50. The lowest BCUT2D eigenvalue weighted by Gasteiger charge is -2.05. The molecule has 0 fully saturated rings. The molecule has 84 valence electrons. The van der Waals surface area contributed by atoms with Gasteiger partial charge in [0.05, 0.1) is 0 Å². The SMILES string of the molecule is CCCCNC(=O)Nc1n[nH]c(C)c1C. The Morgan fingerprint density at radius 3 is 2.73 bits per heavy atom. The molecule has 2 amide bonds. The van der Waals surface area contributed by atoms with Gasteiger partial charge in [-0.15, -0.1) is 0 Å². The number of carbonyl (C=O) groups excluding carboxylic acids is 1. The van der Waals surface area contributed by atoms with Crippen LogP contribution in [0.5, 0.6) is 0 Å². The number of aryl methyl sites for hydroxylation is 1. The molecule has 0 aliphatic heterocycles. The second-order valence-electron chi connectivity index (χ2n) is 3.56. The predicted octanol–water partition coefficient (Wildman–Crippen LogP) is 1.95. The van der Waals surface area contributed by atoms with E-state index in [2.05, 4.69) is 27.8 Å². The second kappa shape index (κ2) is 5.38. The van der Waals surface area contributed by atoms with Gasteiger partial charge in [0.25, 0.3) is 0 Å². The Balaban J connectivity index is 2.41. The number of H-pyrrole nitrogens is 1. The molecular formula is C10H18N4O. The molecule has 0 spiro atoms. The molecule has 0 aromatic carbocycles. The smallest absolute Gasteiger partial charge is 0.320 e. The first kappa shape index (κ1) is 11.6. The van der Waals surface area contributed by atoms with Crippen molar-refractivity contribution in [1.82, 2.24) is 15.5 Å². The summed E-state index contributed by atoms with van der Waals surface area (Å²) in [5.41, 5.74) is 1.94. The average molecular weight is 210 g/mol. The van der Waals surface area contributed by atoms with Crippen LogP contribution in [0, 0.1) is 13.8 Å². The van der Waals surface area contributed by atoms with Crippen LogP contribution in [0.4, 0.5) is 10.6 Å². The van der Waals surface area contributed by atoms with E-state index in [1.54, 1.807) is 0 Å². The van der Waals surface area contributed by atoms with Crippen LogP contribution >= 0.6 is 0 Å². The number of hydrogen-bond donors (Lipinski definition) is 3. The molecular weight excluding hydrogens is 192 g/mol. The number of carbonyl (C=O) groups is 1. The van der Waals surface area contributed by atoms with Gasteiger partial charge >= 0.3 is 6.03 Å². The highest BCUT2D eigenvalue weighted by Crippen LogP contribution is 2.13. The maximum absolute atomic E-state index is 11.4. The van der Waals surface area contributed by atoms with Gasteiger partial charge in [0.2, 0.25) is 0 Å². The largest absolute Gasteiger partial charge is 0.338 e. The van der Waals surface area contributed by atoms with E-state index in [0.717, 1.165) is 24.1 Å². The first-order valence-electron chi connectivity index (χ1n) is 5.21. The molecule has 1 rings (SSSR count). The van der Waals surface area contributed by atoms with Crippen LogP contribution in [0.3, 0.4) is 0 Å². The van der Waals surface area contributed by atoms with Crippen LogP contribution in [0.2, 0.25) is 0 Å². The van der Waals surface area contributed by atoms with Crippen molar-refractivity contribution in [3.63, 3.8) is 0 Å². The van der Waals surface area contributed by atoms with E-state index in [1.165, 1.54) is 0 Å². The van der Waals surface area contributed by atoms with Crippen LogP contribution in [-0.4, -0.2) is 22.8 Å². The van der Waals surface area contributed by atoms with Crippen molar-refractivity contribution in [1.29, 1.82) is 0 Å². The summed E-state index contributed by atoms with van der Waals surface area (Å²) in [6.45, 7) is 6.62. The molecule has 0 aliphatic rings. The van der Waals surface area contributed by atoms with Gasteiger partial charge in [-0.3, -0.25) is 10.4 Å². The molecule has 0 saturated carbocycles. The zero-order chi connectivity index (χ0) is 11.3. The van der Waals surface area contributed by atoms with E-state index in [0.29, 0.717) is 12.4 Å². The van der Waals surface area contributed by atoms with Crippen LogP contribution in [0.1, 0.15) is 31.0 Å². The third-order valence-corrected chi connectivity index (χ3v) is 2.30. The lowest BCUT2D eigenvalue weighted by molar-refractivity contribution is 0.252. The highest BCUT2D eigenvalue weighted by molar-refractivity contribution is 5.88. The van der Waals surface area contributed by atoms with E-state index in [4.69, 9.17) is 0 Å². The molecule has 1 aromatic rings. The lowest BCUT2D eigenvalue weighted by atomic mass is 10.3. The number of anilines is 1. The minimum atomic E-state index is -0.196. The van der Waals surface area contributed by atoms with Gasteiger partial charge in [-0.2, -0.15) is 5.10 Å². The highest BCUT2D eigenvalue weighted by Gasteiger charge is 2.08. The number of unbranched alkanes of at least 4 members (excludes halogenated alkanes) is 1. The van der Waals surface area contributed by atoms with Crippen LogP contribution in [0.15, 0.2) is 0 Å². The summed E-state index contributed by atoms with van der Waals surface area (Å²) in [7, 11) is 0. The number of aromatic amines is 1. The molecule has 1 heterocycles. The third kappa shape index (κ3) is 3.27. The molecule has 1 aromatic heterocycles. The fourth-order valence-corrected chi connectivity index (χ4v) is 1.14. The van der Waals surface area contributed by atoms with Gasteiger partial charge in [-0.1, -0.05) is 13.3 Å². The molecule has 15 heavy (non-hydrogen) atoms. The number of nitrogens with one attached hydrogen (secondary N) is 3. The zero-order valence-corrected chi connectivity index (χ0v) is 9.48. The fourth-order valence-electron chi connectivity index (χ4n) is 1.14. The Morgan fingerprint density at radius 2 is 2.20 bits per heavy atom. The summed E-state index contributed by atoms with van der Waals surface area (Å²) in [6, 6.07) is -0.196. The van der Waals surface area contributed by atoms with Gasteiger partial charge < -0.3 is 5.32 Å². The third-order valence-electron chi connectivity index (χ3n) is 2.30. The van der Waals surface area contributed by atoms with Crippen molar-refractivity contribution in [2.24, 2.45) is 0 Å². The molecule has 5 heteroatoms. The molecule has 0 aliphatic carbocycles. The van der Waals surface area contributed by atoms with Crippen molar-refractivity contribution >= 4 is 11.8 Å². The van der Waals surface area contributed by atoms with Crippen molar-refractivity contribution in [2.45, 2.75) is 33.6 Å². The maximum atomic E-state index is 11.4. The molecule has 5 nitrogen and oxygen atoms in total. The Kier molecular flexibility index (Phi) is 4.15. The van der Waals surface area contributed by atoms with E-state index < -0.39 is 0 Å². The summed E-state index contributed by atoms with van der Waals surface area (Å²) in [6.07, 6.45) is 2.06. The lowest BCUT2D eigenvalue weighted by Crippen LogP contribution is -2.29. The number of rotatable bonds is 4. The fraction of sp³-hybridized carbons (Fsp3) is 0.600. The second-order valence-corrected chi connectivity index (χ2v) is 3.56. The highest BCUT2D eigenvalue weighted by atomic mass is 16.2. The van der Waals surface area contributed by atoms with E-state index in [1.807, 2.05) is 13.8 Å². The summed E-state index contributed by atoms with van der Waals surface area (Å²) in [4.78, 5) is 11.4. The summed E-state index contributed by atoms with van der Waals surface area (Å²) in [5, 5.41) is 12.3. The molecule has 3 N–H and O–H groups in total. The van der Waals surface area contributed by atoms with E-state index in [-0.39, 0.29) is 6.03 Å². The normalized spacial score (nSPS) is 10.1. The van der Waals surface area contributed by atoms with Gasteiger partial charge in [0.15, 0.2) is 5.82 Å². The maximum Gasteiger partial charge on any atom is 0.320 e. The van der Waals surface area contributed by atoms with Crippen LogP contribution in [-0.2, 0) is 0 Å². The first-order chi connectivity index (χ1) is 7.15. The molecule has 0 unspecified atom stereocenters. The number of nitrogens with zero attached hydrogens (tertiary/aromatic N) is 1. The van der Waals surface area contributed by atoms with Crippen molar-refractivity contribution in [3.05, 3.63) is 11.3 Å². The van der Waals surface area contributed by atoms with Crippen LogP contribution < -0.4 is 10.6 Å². The molecule has 0 radical (unpaired) electrons. The van der Waals surface area contributed by atoms with Gasteiger partial charge in [-0.25, -0.2) is 4.79 Å². The standard InChI is InChI=1S/C10H18N4O/c1-4-5-6-11-10(15)12-9-7(2)8(3)13-14-9/h4-6H2,1-3H3,(H3,11,12,13,14,15). The minimum Gasteiger partial charge on any atom is -0.338 e. The predicted molar refractivity (Wildman–Crippen MR) is 60.0 cm³/mol. The van der Waals surface area contributed by atoms with Gasteiger partial charge in [0.1, 0.15) is 0 Å². The minimum absolute atomic E-state index is 0.196. The topological polar surface area (TPSA) is 69.8 Å². The van der Waals surface area contributed by atoms with Crippen molar-refractivity contribution in [2.75, 3.05) is 11.9 Å². The summed E-state index contributed by atoms with van der Waals surface area (Å²) in [5.74, 6) is 0.599. The first-order valence-corrected chi connectivity index (χ1v) is 5.21. The van der Waals surface area contributed by atoms with Crippen molar-refractivity contribution in [3.8, 4) is 0 Å².